The van der Waals surface area contributed by atoms with Crippen molar-refractivity contribution in [3.05, 3.63) is 35.9 Å². The fourth-order valence-electron chi connectivity index (χ4n) is 1.81. The van der Waals surface area contributed by atoms with E-state index in [1.54, 1.807) is 0 Å². The van der Waals surface area contributed by atoms with E-state index in [1.165, 1.54) is 5.56 Å². The molecule has 25 heavy (non-hydrogen) atoms. The van der Waals surface area contributed by atoms with E-state index in [0.29, 0.717) is 6.54 Å². The zero-order chi connectivity index (χ0) is 17.9. The van der Waals surface area contributed by atoms with Crippen molar-refractivity contribution in [1.82, 2.24) is 4.90 Å². The van der Waals surface area contributed by atoms with Gasteiger partial charge in [0.1, 0.15) is 0 Å². The minimum atomic E-state index is -4.36. The summed E-state index contributed by atoms with van der Waals surface area (Å²) in [6.45, 7) is 1.31. The van der Waals surface area contributed by atoms with E-state index in [1.807, 2.05) is 30.1 Å². The average Bonchev–Trinajstić information content (AvgIpc) is 2.44. The Morgan fingerprint density at radius 2 is 1.60 bits per heavy atom. The quantitative estimate of drug-likeness (QED) is 0.282. The maximum atomic E-state index is 10.8. The third-order valence-corrected chi connectivity index (χ3v) is 4.04. The summed E-state index contributed by atoms with van der Waals surface area (Å²) >= 11 is 0. The Morgan fingerprint density at radius 1 is 1.12 bits per heavy atom. The van der Waals surface area contributed by atoms with E-state index < -0.39 is 21.7 Å². The van der Waals surface area contributed by atoms with E-state index in [4.69, 9.17) is 24.1 Å². The van der Waals surface area contributed by atoms with Crippen molar-refractivity contribution in [2.75, 3.05) is 20.1 Å². The number of benzene rings is 1. The van der Waals surface area contributed by atoms with Gasteiger partial charge in [0.15, 0.2) is 5.85 Å². The zero-order valence-electron chi connectivity index (χ0n) is 12.9. The van der Waals surface area contributed by atoms with Gasteiger partial charge < -0.3 is 29.6 Å². The molecule has 0 aliphatic carbocycles. The third kappa shape index (κ3) is 20.0. The normalized spacial score (nSPS) is 11.8. The maximum absolute atomic E-state index is 10.8. The minimum absolute atomic E-state index is 0. The molecule has 8 nitrogen and oxygen atoms in total. The second-order valence-electron chi connectivity index (χ2n) is 5.03. The van der Waals surface area contributed by atoms with Crippen molar-refractivity contribution in [3.63, 3.8) is 0 Å². The molecule has 0 aliphatic heterocycles. The van der Waals surface area contributed by atoms with Gasteiger partial charge in [-0.1, -0.05) is 30.3 Å². The number of aliphatic hydroxyl groups excluding tert-OH is 1. The Labute approximate surface area is 193 Å². The summed E-state index contributed by atoms with van der Waals surface area (Å²) in [6.07, 6.45) is 2.05. The molecule has 0 heterocycles. The van der Waals surface area contributed by atoms with E-state index >= 15 is 0 Å². The molecule has 1 rings (SSSR count). The van der Waals surface area contributed by atoms with Gasteiger partial charge in [-0.15, -0.1) is 0 Å². The van der Waals surface area contributed by atoms with Crippen molar-refractivity contribution in [2.24, 2.45) is 0 Å². The Kier molecular flexibility index (Phi) is 21.8. The average molecular weight is 417 g/mol. The molecule has 0 bridgehead atoms. The Morgan fingerprint density at radius 3 is 2.04 bits per heavy atom. The van der Waals surface area contributed by atoms with Crippen LogP contribution in [0.3, 0.4) is 0 Å². The molecule has 1 aromatic rings. The van der Waals surface area contributed by atoms with E-state index in [-0.39, 0.29) is 65.5 Å². The van der Waals surface area contributed by atoms with E-state index in [0.717, 1.165) is 19.4 Å². The first-order valence-electron chi connectivity index (χ1n) is 7.00. The van der Waals surface area contributed by atoms with E-state index in [9.17, 15) is 9.67 Å². The summed E-state index contributed by atoms with van der Waals surface area (Å²) in [6, 6.07) is 10.2. The number of aliphatic hydroxyl groups is 1. The van der Waals surface area contributed by atoms with Gasteiger partial charge in [-0.3, -0.25) is 9.13 Å². The van der Waals surface area contributed by atoms with Crippen molar-refractivity contribution < 1.29 is 33.8 Å². The van der Waals surface area contributed by atoms with Gasteiger partial charge in [0.05, 0.1) is 0 Å². The predicted octanol–water partition coefficient (Wildman–Crippen LogP) is -0.499. The monoisotopic (exact) mass is 417 g/mol. The first-order valence-corrected chi connectivity index (χ1v) is 9.99. The SMILES string of the molecule is CN(CCCc1ccccc1)CCC(O)P(=O)(O)O.O=[PH](O)O.[NaH].[NaH]. The summed E-state index contributed by atoms with van der Waals surface area (Å²) in [5.74, 6) is -1.55. The number of rotatable bonds is 8. The van der Waals surface area contributed by atoms with Crippen LogP contribution in [0.4, 0.5) is 0 Å². The second-order valence-corrected chi connectivity index (χ2v) is 7.37. The van der Waals surface area contributed by atoms with Gasteiger partial charge in [-0.25, -0.2) is 0 Å². The van der Waals surface area contributed by atoms with Crippen molar-refractivity contribution in [1.29, 1.82) is 0 Å². The molecule has 0 saturated carbocycles. The molecule has 1 unspecified atom stereocenters. The molecule has 0 saturated heterocycles. The van der Waals surface area contributed by atoms with E-state index in [2.05, 4.69) is 12.1 Å². The van der Waals surface area contributed by atoms with Gasteiger partial charge in [-0.2, -0.15) is 0 Å². The molecular formula is C13H27NNa2O7P2. The number of nitrogens with zero attached hydrogens (tertiary/aromatic N) is 1. The number of hydrogen-bond donors (Lipinski definition) is 5. The van der Waals surface area contributed by atoms with Gasteiger partial charge in [-0.05, 0) is 38.4 Å². The second kappa shape index (κ2) is 17.5. The Hall–Kier alpha value is 1.44. The van der Waals surface area contributed by atoms with Crippen LogP contribution in [0.5, 0.6) is 0 Å². The van der Waals surface area contributed by atoms with Crippen LogP contribution in [0.25, 0.3) is 0 Å². The topological polar surface area (TPSA) is 139 Å². The summed E-state index contributed by atoms with van der Waals surface area (Å²) in [7, 11) is -5.60. The predicted molar refractivity (Wildman–Crippen MR) is 103 cm³/mol. The fourth-order valence-corrected chi connectivity index (χ4v) is 2.27. The van der Waals surface area contributed by atoms with Gasteiger partial charge >= 0.3 is 75.0 Å². The van der Waals surface area contributed by atoms with Crippen LogP contribution in [-0.2, 0) is 15.6 Å². The van der Waals surface area contributed by atoms with Crippen LogP contribution >= 0.6 is 15.9 Å². The summed E-state index contributed by atoms with van der Waals surface area (Å²) in [4.78, 5) is 33.8. The first-order chi connectivity index (χ1) is 10.6. The molecule has 138 valence electrons. The molecule has 0 aromatic heterocycles. The van der Waals surface area contributed by atoms with Crippen LogP contribution in [0, 0.1) is 0 Å². The van der Waals surface area contributed by atoms with Crippen molar-refractivity contribution in [2.45, 2.75) is 25.1 Å². The Balaban J connectivity index is -0.000000728. The zero-order valence-corrected chi connectivity index (χ0v) is 14.8. The summed E-state index contributed by atoms with van der Waals surface area (Å²) < 4.78 is 19.5. The summed E-state index contributed by atoms with van der Waals surface area (Å²) in [5, 5.41) is 9.25. The molecule has 1 atom stereocenters. The van der Waals surface area contributed by atoms with Gasteiger partial charge in [0.2, 0.25) is 0 Å². The first kappa shape index (κ1) is 31.1. The molecule has 0 spiro atoms. The molecule has 0 amide bonds. The molecule has 0 fully saturated rings. The molecule has 5 N–H and O–H groups in total. The third-order valence-electron chi connectivity index (χ3n) is 3.01. The number of aryl methyl sites for hydroxylation is 1. The molecule has 12 heteroatoms. The van der Waals surface area contributed by atoms with Crippen LogP contribution in [0.2, 0.25) is 0 Å². The number of hydrogen-bond acceptors (Lipinski definition) is 4. The summed E-state index contributed by atoms with van der Waals surface area (Å²) in [5.41, 5.74) is 1.28. The van der Waals surface area contributed by atoms with Crippen LogP contribution in [-0.4, -0.2) is 115 Å². The molecule has 0 radical (unpaired) electrons. The molecular weight excluding hydrogens is 390 g/mol. The van der Waals surface area contributed by atoms with Crippen LogP contribution in [0.15, 0.2) is 30.3 Å². The fraction of sp³-hybridized carbons (Fsp3) is 0.538. The van der Waals surface area contributed by atoms with Crippen LogP contribution in [0.1, 0.15) is 18.4 Å². The Bertz CT molecular complexity index is 500. The molecule has 0 aliphatic rings. The standard InChI is InChI=1S/C13H22NO4P.2Na.H3O3P.2H/c1-14(11-9-13(15)19(16,17)18)10-5-8-12-6-3-2-4-7-12;;;1-4(2)3;;/h2-4,6-7,13,15H,5,8-11H2,1H3,(H2,16,17,18);;;4H,(H2,1,2,3);;. The molecule has 1 aromatic carbocycles. The van der Waals surface area contributed by atoms with Crippen molar-refractivity contribution in [3.8, 4) is 0 Å². The van der Waals surface area contributed by atoms with Gasteiger partial charge in [0, 0.05) is 6.54 Å². The van der Waals surface area contributed by atoms with Gasteiger partial charge in [0.25, 0.3) is 0 Å². The van der Waals surface area contributed by atoms with Crippen molar-refractivity contribution >= 4 is 75.0 Å². The van der Waals surface area contributed by atoms with Crippen LogP contribution < -0.4 is 0 Å².